The van der Waals surface area contributed by atoms with Gasteiger partial charge in [-0.05, 0) is 35.1 Å². The molecule has 15 heavy (non-hydrogen) atoms. The van der Waals surface area contributed by atoms with Crippen LogP contribution in [-0.4, -0.2) is 16.4 Å². The number of aromatic nitrogens is 2. The summed E-state index contributed by atoms with van der Waals surface area (Å²) in [6, 6.07) is 6.18. The first kappa shape index (κ1) is 10.6. The molecule has 0 saturated heterocycles. The van der Waals surface area contributed by atoms with Crippen LogP contribution in [0.2, 0.25) is 0 Å². The Morgan fingerprint density at radius 2 is 2.27 bits per heavy atom. The molecule has 2 aromatic rings. The van der Waals surface area contributed by atoms with Gasteiger partial charge in [0.05, 0.1) is 15.8 Å². The molecular formula is C11H14BrN3. The van der Waals surface area contributed by atoms with Gasteiger partial charge in [-0.1, -0.05) is 13.0 Å². The minimum absolute atomic E-state index is 0.806. The molecule has 0 fully saturated rings. The molecule has 1 N–H and O–H groups in total. The smallest absolute Gasteiger partial charge is 0.114 e. The summed E-state index contributed by atoms with van der Waals surface area (Å²) in [6.45, 7) is 2.93. The lowest BCUT2D eigenvalue weighted by Crippen LogP contribution is -2.05. The maximum absolute atomic E-state index is 4.63. The van der Waals surface area contributed by atoms with E-state index in [1.165, 1.54) is 5.52 Å². The first-order chi connectivity index (χ1) is 7.27. The van der Waals surface area contributed by atoms with E-state index in [-0.39, 0.29) is 0 Å². The van der Waals surface area contributed by atoms with Crippen molar-refractivity contribution in [3.63, 3.8) is 0 Å². The van der Waals surface area contributed by atoms with Crippen molar-refractivity contribution in [1.29, 1.82) is 0 Å². The molecule has 4 heteroatoms. The molecule has 0 saturated carbocycles. The summed E-state index contributed by atoms with van der Waals surface area (Å²) in [4.78, 5) is 4.63. The Kier molecular flexibility index (Phi) is 3.07. The van der Waals surface area contributed by atoms with Crippen molar-refractivity contribution in [2.45, 2.75) is 19.9 Å². The van der Waals surface area contributed by atoms with Crippen molar-refractivity contribution in [1.82, 2.24) is 14.7 Å². The van der Waals surface area contributed by atoms with E-state index < -0.39 is 0 Å². The minimum Gasteiger partial charge on any atom is -0.314 e. The van der Waals surface area contributed by atoms with Gasteiger partial charge >= 0.3 is 0 Å². The SMILES string of the molecule is CCc1nc(CNC)c2cccc(Br)n12. The van der Waals surface area contributed by atoms with E-state index in [0.29, 0.717) is 0 Å². The first-order valence-electron chi connectivity index (χ1n) is 5.07. The van der Waals surface area contributed by atoms with Gasteiger partial charge in [-0.3, -0.25) is 4.40 Å². The third kappa shape index (κ3) is 1.79. The second kappa shape index (κ2) is 4.33. The number of hydrogen-bond acceptors (Lipinski definition) is 2. The van der Waals surface area contributed by atoms with Gasteiger partial charge in [0.1, 0.15) is 5.82 Å². The van der Waals surface area contributed by atoms with Crippen molar-refractivity contribution in [3.8, 4) is 0 Å². The van der Waals surface area contributed by atoms with Gasteiger partial charge < -0.3 is 5.32 Å². The Balaban J connectivity index is 2.69. The highest BCUT2D eigenvalue weighted by molar-refractivity contribution is 9.10. The summed E-state index contributed by atoms with van der Waals surface area (Å²) in [5.41, 5.74) is 2.28. The standard InChI is InChI=1S/C11H14BrN3/c1-3-11-14-8(7-13-2)9-5-4-6-10(12)15(9)11/h4-6,13H,3,7H2,1-2H3. The fourth-order valence-corrected chi connectivity index (χ4v) is 2.32. The molecule has 0 amide bonds. The largest absolute Gasteiger partial charge is 0.314 e. The van der Waals surface area contributed by atoms with Gasteiger partial charge in [-0.25, -0.2) is 4.98 Å². The van der Waals surface area contributed by atoms with Gasteiger partial charge in [0.2, 0.25) is 0 Å². The Morgan fingerprint density at radius 3 is 2.93 bits per heavy atom. The molecule has 80 valence electrons. The van der Waals surface area contributed by atoms with Crippen molar-refractivity contribution >= 4 is 21.4 Å². The highest BCUT2D eigenvalue weighted by Gasteiger charge is 2.10. The highest BCUT2D eigenvalue weighted by Crippen LogP contribution is 2.20. The molecule has 3 nitrogen and oxygen atoms in total. The number of halogens is 1. The second-order valence-corrected chi connectivity index (χ2v) is 4.24. The van der Waals surface area contributed by atoms with E-state index in [1.54, 1.807) is 0 Å². The summed E-state index contributed by atoms with van der Waals surface area (Å²) in [6.07, 6.45) is 0.938. The van der Waals surface area contributed by atoms with Crippen molar-refractivity contribution < 1.29 is 0 Å². The molecule has 0 aliphatic carbocycles. The second-order valence-electron chi connectivity index (χ2n) is 3.43. The molecule has 0 aromatic carbocycles. The maximum atomic E-state index is 4.63. The Morgan fingerprint density at radius 1 is 1.47 bits per heavy atom. The van der Waals surface area contributed by atoms with Crippen LogP contribution in [0.3, 0.4) is 0 Å². The van der Waals surface area contributed by atoms with Crippen LogP contribution < -0.4 is 5.32 Å². The molecular weight excluding hydrogens is 254 g/mol. The van der Waals surface area contributed by atoms with Crippen LogP contribution in [0.1, 0.15) is 18.4 Å². The molecule has 2 rings (SSSR count). The number of rotatable bonds is 3. The van der Waals surface area contributed by atoms with E-state index in [1.807, 2.05) is 19.2 Å². The summed E-state index contributed by atoms with van der Waals surface area (Å²) in [5.74, 6) is 1.10. The van der Waals surface area contributed by atoms with Crippen molar-refractivity contribution in [2.75, 3.05) is 7.05 Å². The third-order valence-electron chi connectivity index (χ3n) is 2.42. The zero-order chi connectivity index (χ0) is 10.8. The van der Waals surface area contributed by atoms with Gasteiger partial charge in [0.15, 0.2) is 0 Å². The molecule has 0 aliphatic rings. The van der Waals surface area contributed by atoms with Crippen LogP contribution in [0.25, 0.3) is 5.52 Å². The summed E-state index contributed by atoms with van der Waals surface area (Å²) in [7, 11) is 1.94. The van der Waals surface area contributed by atoms with Crippen LogP contribution in [0.4, 0.5) is 0 Å². The zero-order valence-electron chi connectivity index (χ0n) is 8.92. The predicted octanol–water partition coefficient (Wildman–Crippen LogP) is 2.38. The Bertz CT molecular complexity index is 476. The lowest BCUT2D eigenvalue weighted by molar-refractivity contribution is 0.796. The molecule has 2 heterocycles. The van der Waals surface area contributed by atoms with Crippen LogP contribution in [-0.2, 0) is 13.0 Å². The number of hydrogen-bond donors (Lipinski definition) is 1. The molecule has 0 bridgehead atoms. The molecule has 0 spiro atoms. The first-order valence-corrected chi connectivity index (χ1v) is 5.86. The Hall–Kier alpha value is -0.870. The fraction of sp³-hybridized carbons (Fsp3) is 0.364. The van der Waals surface area contributed by atoms with E-state index >= 15 is 0 Å². The van der Waals surface area contributed by atoms with Crippen molar-refractivity contribution in [2.24, 2.45) is 0 Å². The highest BCUT2D eigenvalue weighted by atomic mass is 79.9. The zero-order valence-corrected chi connectivity index (χ0v) is 10.5. The Labute approximate surface area is 97.6 Å². The summed E-state index contributed by atoms with van der Waals surface area (Å²) in [5, 5.41) is 3.14. The number of aryl methyl sites for hydroxylation is 1. The van der Waals surface area contributed by atoms with E-state index in [9.17, 15) is 0 Å². The fourth-order valence-electron chi connectivity index (χ4n) is 1.77. The lowest BCUT2D eigenvalue weighted by atomic mass is 10.3. The average Bonchev–Trinajstić information content (AvgIpc) is 2.59. The van der Waals surface area contributed by atoms with Gasteiger partial charge in [0, 0.05) is 13.0 Å². The van der Waals surface area contributed by atoms with Gasteiger partial charge in [0.25, 0.3) is 0 Å². The van der Waals surface area contributed by atoms with E-state index in [2.05, 4.69) is 43.6 Å². The summed E-state index contributed by atoms with van der Waals surface area (Å²) >= 11 is 3.56. The molecule has 0 unspecified atom stereocenters. The topological polar surface area (TPSA) is 29.3 Å². The van der Waals surface area contributed by atoms with Crippen LogP contribution in [0.5, 0.6) is 0 Å². The normalized spacial score (nSPS) is 11.1. The summed E-state index contributed by atoms with van der Waals surface area (Å²) < 4.78 is 3.22. The quantitative estimate of drug-likeness (QED) is 0.866. The van der Waals surface area contributed by atoms with Gasteiger partial charge in [-0.2, -0.15) is 0 Å². The average molecular weight is 268 g/mol. The van der Waals surface area contributed by atoms with Gasteiger partial charge in [-0.15, -0.1) is 0 Å². The van der Waals surface area contributed by atoms with Crippen LogP contribution in [0.15, 0.2) is 22.8 Å². The third-order valence-corrected chi connectivity index (χ3v) is 3.04. The molecule has 0 atom stereocenters. The lowest BCUT2D eigenvalue weighted by Gasteiger charge is -2.01. The molecule has 0 radical (unpaired) electrons. The number of nitrogens with one attached hydrogen (secondary N) is 1. The number of nitrogens with zero attached hydrogens (tertiary/aromatic N) is 2. The predicted molar refractivity (Wildman–Crippen MR) is 65.0 cm³/mol. The minimum atomic E-state index is 0.806. The molecule has 0 aliphatic heterocycles. The van der Waals surface area contributed by atoms with E-state index in [4.69, 9.17) is 0 Å². The monoisotopic (exact) mass is 267 g/mol. The van der Waals surface area contributed by atoms with Crippen LogP contribution >= 0.6 is 15.9 Å². The number of fused-ring (bicyclic) bond motifs is 1. The number of imidazole rings is 1. The maximum Gasteiger partial charge on any atom is 0.114 e. The van der Waals surface area contributed by atoms with Crippen molar-refractivity contribution in [3.05, 3.63) is 34.3 Å². The van der Waals surface area contributed by atoms with Crippen LogP contribution in [0, 0.1) is 0 Å². The number of pyridine rings is 1. The molecule has 2 aromatic heterocycles. The van der Waals surface area contributed by atoms with E-state index in [0.717, 1.165) is 29.1 Å².